The van der Waals surface area contributed by atoms with E-state index in [-0.39, 0.29) is 18.2 Å². The number of alkyl halides is 6. The van der Waals surface area contributed by atoms with Gasteiger partial charge in [-0.15, -0.1) is 0 Å². The zero-order valence-electron chi connectivity index (χ0n) is 22.5. The van der Waals surface area contributed by atoms with Gasteiger partial charge in [-0.25, -0.2) is 9.18 Å². The van der Waals surface area contributed by atoms with Crippen molar-refractivity contribution in [2.45, 2.75) is 75.5 Å². The van der Waals surface area contributed by atoms with E-state index in [1.807, 2.05) is 0 Å². The number of amides is 2. The van der Waals surface area contributed by atoms with E-state index in [9.17, 15) is 45.4 Å². The minimum atomic E-state index is -5.03. The number of benzene rings is 2. The van der Waals surface area contributed by atoms with Crippen LogP contribution in [0.15, 0.2) is 36.4 Å². The van der Waals surface area contributed by atoms with Crippen molar-refractivity contribution in [2.24, 2.45) is 0 Å². The maximum Gasteiger partial charge on any atom is 0.416 e. The summed E-state index contributed by atoms with van der Waals surface area (Å²) < 4.78 is 94.6. The Bertz CT molecular complexity index is 1300. The minimum absolute atomic E-state index is 0.0362. The number of carbonyl (C=O) groups is 2. The van der Waals surface area contributed by atoms with Crippen molar-refractivity contribution < 1.29 is 45.4 Å². The van der Waals surface area contributed by atoms with Crippen LogP contribution in [0.3, 0.4) is 0 Å². The lowest BCUT2D eigenvalue weighted by Crippen LogP contribution is -2.56. The maximum atomic E-state index is 13.9. The van der Waals surface area contributed by atoms with Crippen LogP contribution in [0.25, 0.3) is 0 Å². The number of aliphatic carboxylic acids is 1. The van der Waals surface area contributed by atoms with E-state index >= 15 is 0 Å². The molecule has 2 heterocycles. The molecule has 2 fully saturated rings. The van der Waals surface area contributed by atoms with Crippen molar-refractivity contribution in [3.8, 4) is 0 Å². The number of nitrogens with zero attached hydrogens (tertiary/aromatic N) is 2. The first kappa shape index (κ1) is 30.6. The molecule has 0 unspecified atom stereocenters. The van der Waals surface area contributed by atoms with Crippen molar-refractivity contribution in [1.82, 2.24) is 15.1 Å². The fourth-order valence-electron chi connectivity index (χ4n) is 5.88. The first-order valence-corrected chi connectivity index (χ1v) is 13.0. The Morgan fingerprint density at radius 2 is 1.66 bits per heavy atom. The predicted octanol–water partition coefficient (Wildman–Crippen LogP) is 6.70. The van der Waals surface area contributed by atoms with E-state index in [1.54, 1.807) is 6.92 Å². The highest BCUT2D eigenvalue weighted by Crippen LogP contribution is 2.44. The molecular formula is C28H30F7N3O3. The second kappa shape index (κ2) is 10.8. The number of carbonyl (C=O) groups excluding carboxylic acids is 1. The molecule has 224 valence electrons. The van der Waals surface area contributed by atoms with Crippen molar-refractivity contribution in [3.05, 3.63) is 70.0 Å². The Labute approximate surface area is 232 Å². The first-order chi connectivity index (χ1) is 18.9. The number of hydrogen-bond acceptors (Lipinski definition) is 3. The predicted molar refractivity (Wildman–Crippen MR) is 134 cm³/mol. The van der Waals surface area contributed by atoms with Gasteiger partial charge in [-0.05, 0) is 86.6 Å². The number of hydrogen-bond donors (Lipinski definition) is 2. The van der Waals surface area contributed by atoms with Gasteiger partial charge in [-0.3, -0.25) is 10.1 Å². The van der Waals surface area contributed by atoms with Crippen molar-refractivity contribution in [3.63, 3.8) is 0 Å². The normalized spacial score (nSPS) is 24.0. The molecule has 0 saturated carbocycles. The lowest BCUT2D eigenvalue weighted by molar-refractivity contribution is -0.143. The Balaban J connectivity index is 1.68. The van der Waals surface area contributed by atoms with Crippen molar-refractivity contribution in [1.29, 1.82) is 0 Å². The van der Waals surface area contributed by atoms with E-state index in [4.69, 9.17) is 0 Å². The van der Waals surface area contributed by atoms with Crippen LogP contribution in [-0.2, 0) is 17.1 Å². The molecule has 0 aliphatic carbocycles. The molecule has 0 radical (unpaired) electrons. The largest absolute Gasteiger partial charge is 0.480 e. The van der Waals surface area contributed by atoms with Gasteiger partial charge in [0, 0.05) is 19.1 Å². The highest BCUT2D eigenvalue weighted by molar-refractivity contribution is 5.76. The average molecular weight is 590 g/mol. The molecule has 6 nitrogen and oxygen atoms in total. The third-order valence-corrected chi connectivity index (χ3v) is 8.29. The molecule has 2 saturated heterocycles. The number of rotatable bonds is 4. The number of piperidine rings is 1. The van der Waals surface area contributed by atoms with Gasteiger partial charge < -0.3 is 14.9 Å². The number of carboxylic acids is 1. The number of aryl methyl sites for hydroxylation is 1. The summed E-state index contributed by atoms with van der Waals surface area (Å²) in [4.78, 5) is 28.0. The molecule has 2 aliphatic rings. The lowest BCUT2D eigenvalue weighted by Gasteiger charge is -2.47. The third kappa shape index (κ3) is 6.29. The van der Waals surface area contributed by atoms with Crippen LogP contribution in [0.2, 0.25) is 0 Å². The van der Waals surface area contributed by atoms with E-state index in [2.05, 4.69) is 5.32 Å². The smallest absolute Gasteiger partial charge is 0.416 e. The summed E-state index contributed by atoms with van der Waals surface area (Å²) >= 11 is 0. The molecule has 2 N–H and O–H groups in total. The molecule has 4 atom stereocenters. The second-order valence-electron chi connectivity index (χ2n) is 10.9. The van der Waals surface area contributed by atoms with E-state index in [1.165, 1.54) is 37.1 Å². The van der Waals surface area contributed by atoms with E-state index in [0.717, 1.165) is 4.90 Å². The van der Waals surface area contributed by atoms with Crippen LogP contribution in [0.5, 0.6) is 0 Å². The average Bonchev–Trinajstić information content (AvgIpc) is 3.29. The maximum absolute atomic E-state index is 13.9. The van der Waals surface area contributed by atoms with Crippen LogP contribution in [-0.4, -0.2) is 52.1 Å². The van der Waals surface area contributed by atoms with Gasteiger partial charge in [0.2, 0.25) is 0 Å². The Hall–Kier alpha value is -3.35. The monoisotopic (exact) mass is 589 g/mol. The van der Waals surface area contributed by atoms with Gasteiger partial charge in [0.25, 0.3) is 0 Å². The van der Waals surface area contributed by atoms with Gasteiger partial charge >= 0.3 is 24.4 Å². The minimum Gasteiger partial charge on any atom is -0.480 e. The molecule has 0 aromatic heterocycles. The number of urea groups is 1. The lowest BCUT2D eigenvalue weighted by atomic mass is 9.79. The summed E-state index contributed by atoms with van der Waals surface area (Å²) in [5, 5.41) is 12.7. The summed E-state index contributed by atoms with van der Waals surface area (Å²) in [6.07, 6.45) is -8.49. The zero-order valence-corrected chi connectivity index (χ0v) is 22.5. The standard InChI is InChI=1S/C28H30F7N3O3/c1-15-10-20(29)4-5-21(15)23-14-26(7-6-22(36-26)24(39)40)8-9-38(23)25(41)37(3)16(2)17-11-18(27(30,31)32)13-19(12-17)28(33,34)35/h4-5,10-13,16,22-23,36H,6-9,14H2,1-3H3,(H,39,40)/t16-,22+,23+,26-/m0/s1. The van der Waals surface area contributed by atoms with Crippen molar-refractivity contribution >= 4 is 12.0 Å². The molecule has 1 spiro atoms. The highest BCUT2D eigenvalue weighted by atomic mass is 19.4. The Kier molecular flexibility index (Phi) is 8.07. The molecule has 2 aliphatic heterocycles. The molecule has 2 aromatic rings. The highest BCUT2D eigenvalue weighted by Gasteiger charge is 2.48. The fourth-order valence-corrected chi connectivity index (χ4v) is 5.88. The number of nitrogens with one attached hydrogen (secondary N) is 1. The summed E-state index contributed by atoms with van der Waals surface area (Å²) in [5.41, 5.74) is -2.75. The Morgan fingerprint density at radius 1 is 1.05 bits per heavy atom. The van der Waals surface area contributed by atoms with Crippen LogP contribution in [0.4, 0.5) is 35.5 Å². The number of likely N-dealkylation sites (tertiary alicyclic amines) is 1. The first-order valence-electron chi connectivity index (χ1n) is 13.0. The second-order valence-corrected chi connectivity index (χ2v) is 10.9. The summed E-state index contributed by atoms with van der Waals surface area (Å²) in [6, 6.07) is 2.08. The quantitative estimate of drug-likeness (QED) is 0.390. The number of carboxylic acid groups (broad SMARTS) is 1. The van der Waals surface area contributed by atoms with Gasteiger partial charge in [-0.2, -0.15) is 26.3 Å². The molecular weight excluding hydrogens is 559 g/mol. The van der Waals surface area contributed by atoms with E-state index < -0.39 is 65.0 Å². The summed E-state index contributed by atoms with van der Waals surface area (Å²) in [7, 11) is 1.30. The molecule has 13 heteroatoms. The zero-order chi connectivity index (χ0) is 30.5. The SMILES string of the molecule is Cc1cc(F)ccc1[C@H]1C[C@]2(CC[C@H](C(=O)O)N2)CCN1C(=O)N(C)[C@@H](C)c1cc(C(F)(F)F)cc(C(F)(F)F)c1. The summed E-state index contributed by atoms with van der Waals surface area (Å²) in [5.74, 6) is -1.49. The molecule has 0 bridgehead atoms. The van der Waals surface area contributed by atoms with Gasteiger partial charge in [0.15, 0.2) is 0 Å². The van der Waals surface area contributed by atoms with Crippen LogP contribution < -0.4 is 5.32 Å². The topological polar surface area (TPSA) is 72.9 Å². The fraction of sp³-hybridized carbons (Fsp3) is 0.500. The van der Waals surface area contributed by atoms with E-state index in [0.29, 0.717) is 48.9 Å². The summed E-state index contributed by atoms with van der Waals surface area (Å²) in [6.45, 7) is 3.14. The van der Waals surface area contributed by atoms with Crippen LogP contribution in [0.1, 0.15) is 72.5 Å². The van der Waals surface area contributed by atoms with Crippen LogP contribution in [0, 0.1) is 12.7 Å². The van der Waals surface area contributed by atoms with Crippen LogP contribution >= 0.6 is 0 Å². The third-order valence-electron chi connectivity index (χ3n) is 8.29. The molecule has 2 amide bonds. The van der Waals surface area contributed by atoms with Gasteiger partial charge in [-0.1, -0.05) is 6.07 Å². The molecule has 4 rings (SSSR count). The molecule has 2 aromatic carbocycles. The van der Waals surface area contributed by atoms with Gasteiger partial charge in [0.1, 0.15) is 11.9 Å². The number of halogens is 7. The molecule has 41 heavy (non-hydrogen) atoms. The van der Waals surface area contributed by atoms with Crippen molar-refractivity contribution in [2.75, 3.05) is 13.6 Å². The Morgan fingerprint density at radius 3 is 2.17 bits per heavy atom. The van der Waals surface area contributed by atoms with Gasteiger partial charge in [0.05, 0.1) is 23.2 Å².